The van der Waals surface area contributed by atoms with Gasteiger partial charge in [0.1, 0.15) is 5.69 Å². The number of amides is 1. The second-order valence-electron chi connectivity index (χ2n) is 4.93. The molecule has 3 N–H and O–H groups in total. The number of nitrogens with one attached hydrogen (secondary N) is 1. The van der Waals surface area contributed by atoms with Crippen molar-refractivity contribution in [1.82, 2.24) is 25.1 Å². The molecule has 0 fully saturated rings. The van der Waals surface area contributed by atoms with E-state index < -0.39 is 5.91 Å². The normalized spacial score (nSPS) is 10.9. The third kappa shape index (κ3) is 3.61. The Morgan fingerprint density at radius 2 is 2.10 bits per heavy atom. The van der Waals surface area contributed by atoms with Gasteiger partial charge < -0.3 is 11.1 Å². The Kier molecular flexibility index (Phi) is 4.41. The van der Waals surface area contributed by atoms with E-state index in [1.165, 1.54) is 10.7 Å². The van der Waals surface area contributed by atoms with Crippen LogP contribution in [-0.2, 0) is 6.54 Å². The van der Waals surface area contributed by atoms with Crippen molar-refractivity contribution in [2.24, 2.45) is 11.7 Å². The van der Waals surface area contributed by atoms with Crippen LogP contribution in [0, 0.1) is 5.92 Å². The fraction of sp³-hybridized carbons (Fsp3) is 0.385. The lowest BCUT2D eigenvalue weighted by Crippen LogP contribution is -2.19. The third-order valence-electron chi connectivity index (χ3n) is 2.62. The van der Waals surface area contributed by atoms with Crippen LogP contribution in [0.25, 0.3) is 5.95 Å². The van der Waals surface area contributed by atoms with Gasteiger partial charge in [-0.25, -0.2) is 14.6 Å². The van der Waals surface area contributed by atoms with Crippen LogP contribution >= 0.6 is 0 Å². The van der Waals surface area contributed by atoms with Crippen molar-refractivity contribution in [2.45, 2.75) is 20.4 Å². The summed E-state index contributed by atoms with van der Waals surface area (Å²) in [7, 11) is 0. The van der Waals surface area contributed by atoms with Crippen molar-refractivity contribution in [2.75, 3.05) is 6.54 Å². The molecule has 0 bridgehead atoms. The number of hydrogen-bond donors (Lipinski definition) is 2. The first-order valence-corrected chi connectivity index (χ1v) is 6.43. The first-order chi connectivity index (χ1) is 9.56. The molecule has 2 aromatic rings. The van der Waals surface area contributed by atoms with Crippen LogP contribution in [0.2, 0.25) is 0 Å². The van der Waals surface area contributed by atoms with Crippen LogP contribution in [0.3, 0.4) is 0 Å². The fourth-order valence-electron chi connectivity index (χ4n) is 1.63. The van der Waals surface area contributed by atoms with Crippen LogP contribution in [0.15, 0.2) is 24.7 Å². The van der Waals surface area contributed by atoms with Gasteiger partial charge in [-0.05, 0) is 18.5 Å². The summed E-state index contributed by atoms with van der Waals surface area (Å²) in [4.78, 5) is 19.4. The molecule has 0 aliphatic heterocycles. The van der Waals surface area contributed by atoms with Gasteiger partial charge in [0.25, 0.3) is 5.91 Å². The van der Waals surface area contributed by atoms with Gasteiger partial charge in [-0.1, -0.05) is 13.8 Å². The van der Waals surface area contributed by atoms with Crippen molar-refractivity contribution in [3.8, 4) is 5.95 Å². The maximum Gasteiger partial charge on any atom is 0.269 e. The molecule has 0 atom stereocenters. The lowest BCUT2D eigenvalue weighted by molar-refractivity contribution is 0.0995. The number of hydrogen-bond acceptors (Lipinski definition) is 5. The predicted molar refractivity (Wildman–Crippen MR) is 74.2 cm³/mol. The first-order valence-electron chi connectivity index (χ1n) is 6.43. The predicted octanol–water partition coefficient (Wildman–Crippen LogP) is 0.507. The molecule has 1 amide bonds. The van der Waals surface area contributed by atoms with Gasteiger partial charge in [-0.2, -0.15) is 5.10 Å². The van der Waals surface area contributed by atoms with E-state index >= 15 is 0 Å². The number of primary amides is 1. The van der Waals surface area contributed by atoms with E-state index in [0.717, 1.165) is 18.7 Å². The molecule has 0 aliphatic carbocycles. The Morgan fingerprint density at radius 1 is 1.40 bits per heavy atom. The monoisotopic (exact) mass is 274 g/mol. The molecule has 0 aliphatic rings. The van der Waals surface area contributed by atoms with Gasteiger partial charge in [0.15, 0.2) is 0 Å². The standard InChI is InChI=1S/C13H18N6O/c1-9(2)5-15-6-10-7-16-13(17-8-10)19-4-3-11(18-19)12(14)20/h3-4,7-9,15H,5-6H2,1-2H3,(H2,14,20). The molecule has 2 aromatic heterocycles. The zero-order valence-electron chi connectivity index (χ0n) is 11.6. The highest BCUT2D eigenvalue weighted by Crippen LogP contribution is 2.03. The summed E-state index contributed by atoms with van der Waals surface area (Å²) in [6, 6.07) is 1.53. The minimum atomic E-state index is -0.571. The summed E-state index contributed by atoms with van der Waals surface area (Å²) >= 11 is 0. The molecule has 0 saturated carbocycles. The first kappa shape index (κ1) is 14.1. The van der Waals surface area contributed by atoms with E-state index in [4.69, 9.17) is 5.73 Å². The van der Waals surface area contributed by atoms with Gasteiger partial charge >= 0.3 is 0 Å². The number of nitrogens with zero attached hydrogens (tertiary/aromatic N) is 4. The quantitative estimate of drug-likeness (QED) is 0.799. The van der Waals surface area contributed by atoms with E-state index in [1.807, 2.05) is 0 Å². The molecule has 0 radical (unpaired) electrons. The number of aromatic nitrogens is 4. The van der Waals surface area contributed by atoms with Crippen molar-refractivity contribution < 1.29 is 4.79 Å². The number of carbonyl (C=O) groups is 1. The van der Waals surface area contributed by atoms with Gasteiger partial charge in [0.2, 0.25) is 5.95 Å². The topological polar surface area (TPSA) is 98.7 Å². The summed E-state index contributed by atoms with van der Waals surface area (Å²) in [6.07, 6.45) is 5.08. The molecule has 0 aromatic carbocycles. The van der Waals surface area contributed by atoms with Crippen LogP contribution in [0.1, 0.15) is 29.9 Å². The smallest absolute Gasteiger partial charge is 0.269 e. The summed E-state index contributed by atoms with van der Waals surface area (Å²) < 4.78 is 1.42. The summed E-state index contributed by atoms with van der Waals surface area (Å²) in [5.41, 5.74) is 6.33. The lowest BCUT2D eigenvalue weighted by Gasteiger charge is -2.07. The second-order valence-corrected chi connectivity index (χ2v) is 4.93. The van der Waals surface area contributed by atoms with E-state index in [0.29, 0.717) is 11.9 Å². The highest BCUT2D eigenvalue weighted by atomic mass is 16.1. The van der Waals surface area contributed by atoms with Gasteiger partial charge in [0, 0.05) is 30.7 Å². The van der Waals surface area contributed by atoms with E-state index in [-0.39, 0.29) is 5.69 Å². The molecule has 106 valence electrons. The maximum atomic E-state index is 11.0. The zero-order chi connectivity index (χ0) is 14.5. The van der Waals surface area contributed by atoms with Crippen molar-refractivity contribution in [3.63, 3.8) is 0 Å². The SMILES string of the molecule is CC(C)CNCc1cnc(-n2ccc(C(N)=O)n2)nc1. The third-order valence-corrected chi connectivity index (χ3v) is 2.62. The molecule has 0 saturated heterocycles. The summed E-state index contributed by atoms with van der Waals surface area (Å²) in [5.74, 6) is 0.440. The summed E-state index contributed by atoms with van der Waals surface area (Å²) in [6.45, 7) is 5.98. The minimum Gasteiger partial charge on any atom is -0.364 e. The van der Waals surface area contributed by atoms with E-state index in [9.17, 15) is 4.79 Å². The molecular formula is C13H18N6O. The van der Waals surface area contributed by atoms with Crippen molar-refractivity contribution in [1.29, 1.82) is 0 Å². The number of carbonyl (C=O) groups excluding carboxylic acids is 1. The molecule has 0 spiro atoms. The van der Waals surface area contributed by atoms with Crippen molar-refractivity contribution >= 4 is 5.91 Å². The molecule has 7 nitrogen and oxygen atoms in total. The van der Waals surface area contributed by atoms with Crippen LogP contribution in [0.5, 0.6) is 0 Å². The van der Waals surface area contributed by atoms with E-state index in [1.54, 1.807) is 18.6 Å². The van der Waals surface area contributed by atoms with Gasteiger partial charge in [-0.15, -0.1) is 0 Å². The fourth-order valence-corrected chi connectivity index (χ4v) is 1.63. The molecule has 0 unspecified atom stereocenters. The lowest BCUT2D eigenvalue weighted by atomic mass is 10.2. The molecule has 20 heavy (non-hydrogen) atoms. The Balaban J connectivity index is 2.01. The minimum absolute atomic E-state index is 0.191. The van der Waals surface area contributed by atoms with Crippen LogP contribution < -0.4 is 11.1 Å². The zero-order valence-corrected chi connectivity index (χ0v) is 11.6. The average Bonchev–Trinajstić information content (AvgIpc) is 2.89. The Bertz CT molecular complexity index is 575. The van der Waals surface area contributed by atoms with Gasteiger partial charge in [0.05, 0.1) is 0 Å². The number of rotatable bonds is 6. The van der Waals surface area contributed by atoms with E-state index in [2.05, 4.69) is 34.2 Å². The Morgan fingerprint density at radius 3 is 2.65 bits per heavy atom. The Labute approximate surface area is 117 Å². The van der Waals surface area contributed by atoms with Crippen LogP contribution in [-0.4, -0.2) is 32.2 Å². The van der Waals surface area contributed by atoms with Crippen LogP contribution in [0.4, 0.5) is 0 Å². The van der Waals surface area contributed by atoms with Crippen molar-refractivity contribution in [3.05, 3.63) is 35.9 Å². The molecule has 7 heteroatoms. The second kappa shape index (κ2) is 6.25. The largest absolute Gasteiger partial charge is 0.364 e. The molecule has 2 rings (SSSR count). The average molecular weight is 274 g/mol. The Hall–Kier alpha value is -2.28. The molecule has 2 heterocycles. The van der Waals surface area contributed by atoms with Gasteiger partial charge in [-0.3, -0.25) is 4.79 Å². The summed E-state index contributed by atoms with van der Waals surface area (Å²) in [5, 5.41) is 7.31. The maximum absolute atomic E-state index is 11.0. The highest BCUT2D eigenvalue weighted by molar-refractivity contribution is 5.90. The number of nitrogens with two attached hydrogens (primary N) is 1. The molecular weight excluding hydrogens is 256 g/mol. The highest BCUT2D eigenvalue weighted by Gasteiger charge is 2.07.